The molecule has 1 fully saturated rings. The molecule has 26 heavy (non-hydrogen) atoms. The first-order chi connectivity index (χ1) is 12.8. The predicted octanol–water partition coefficient (Wildman–Crippen LogP) is 4.60. The molecule has 1 saturated carbocycles. The molecule has 0 radical (unpaired) electrons. The van der Waals surface area contributed by atoms with Crippen LogP contribution in [0.4, 0.5) is 0 Å². The number of nitrogens with zero attached hydrogens (tertiary/aromatic N) is 2. The number of imidazole rings is 1. The van der Waals surface area contributed by atoms with Crippen molar-refractivity contribution in [2.75, 3.05) is 6.61 Å². The maximum atomic E-state index is 12.9. The highest BCUT2D eigenvalue weighted by molar-refractivity contribution is 6.10. The largest absolute Gasteiger partial charge is 0.492 e. The zero-order chi connectivity index (χ0) is 17.8. The fraction of sp³-hybridized carbons (Fsp3) is 0.455. The van der Waals surface area contributed by atoms with Crippen LogP contribution in [0.3, 0.4) is 0 Å². The van der Waals surface area contributed by atoms with Gasteiger partial charge in [0.25, 0.3) is 0 Å². The third kappa shape index (κ3) is 3.90. The molecule has 0 spiro atoms. The molecule has 0 atom stereocenters. The van der Waals surface area contributed by atoms with Gasteiger partial charge in [-0.05, 0) is 60.9 Å². The molecular formula is C22H26N2O2. The van der Waals surface area contributed by atoms with E-state index in [1.165, 1.54) is 32.1 Å². The molecule has 0 aliphatic heterocycles. The lowest BCUT2D eigenvalue weighted by molar-refractivity contribution is 0.102. The second-order valence-electron chi connectivity index (χ2n) is 7.39. The van der Waals surface area contributed by atoms with Crippen LogP contribution < -0.4 is 4.74 Å². The molecule has 1 aromatic heterocycles. The van der Waals surface area contributed by atoms with Gasteiger partial charge in [0.05, 0.1) is 12.9 Å². The number of aromatic nitrogens is 2. The van der Waals surface area contributed by atoms with Crippen LogP contribution in [0, 0.1) is 5.92 Å². The third-order valence-electron chi connectivity index (χ3n) is 5.54. The average molecular weight is 350 g/mol. The number of fused-ring (bicyclic) bond motifs is 1. The van der Waals surface area contributed by atoms with E-state index < -0.39 is 0 Å². The Bertz CT molecular complexity index is 786. The highest BCUT2D eigenvalue weighted by Gasteiger charge is 2.23. The van der Waals surface area contributed by atoms with Crippen molar-refractivity contribution >= 4 is 5.78 Å². The van der Waals surface area contributed by atoms with Gasteiger partial charge in [-0.3, -0.25) is 4.79 Å². The molecule has 0 bridgehead atoms. The summed E-state index contributed by atoms with van der Waals surface area (Å²) in [7, 11) is 0. The first kappa shape index (κ1) is 17.1. The minimum atomic E-state index is 0.224. The topological polar surface area (TPSA) is 44.1 Å². The van der Waals surface area contributed by atoms with Gasteiger partial charge in [-0.25, -0.2) is 4.98 Å². The Morgan fingerprint density at radius 1 is 1.19 bits per heavy atom. The van der Waals surface area contributed by atoms with E-state index >= 15 is 0 Å². The van der Waals surface area contributed by atoms with Gasteiger partial charge in [-0.1, -0.05) is 25.3 Å². The van der Waals surface area contributed by atoms with Crippen LogP contribution in [0.5, 0.6) is 5.75 Å². The van der Waals surface area contributed by atoms with Gasteiger partial charge in [0.2, 0.25) is 0 Å². The first-order valence-electron chi connectivity index (χ1n) is 9.76. The number of Topliss-reactive ketones (excluding diaryl/α,β-unsaturated/α-hetero) is 1. The fourth-order valence-corrected chi connectivity index (χ4v) is 4.08. The summed E-state index contributed by atoms with van der Waals surface area (Å²) in [5, 5.41) is 0. The Labute approximate surface area is 154 Å². The predicted molar refractivity (Wildman–Crippen MR) is 101 cm³/mol. The highest BCUT2D eigenvalue weighted by Crippen LogP contribution is 2.32. The standard InChI is InChI=1S/C22H26N2O2/c25-22-19(14-17-4-2-1-3-5-17)7-6-18-15-20(8-9-21(18)22)26-13-12-24-11-10-23-16-24/h8-11,14-17H,1-7,12-13H2/b19-14+. The Balaban J connectivity index is 1.41. The van der Waals surface area contributed by atoms with Crippen molar-refractivity contribution < 1.29 is 9.53 Å². The van der Waals surface area contributed by atoms with Crippen LogP contribution in [0.1, 0.15) is 54.4 Å². The molecule has 2 aliphatic rings. The SMILES string of the molecule is O=C1/C(=C/C2CCCCC2)CCc2cc(OCCn3ccnc3)ccc21. The normalized spacial score (nSPS) is 19.5. The third-order valence-corrected chi connectivity index (χ3v) is 5.54. The van der Waals surface area contributed by atoms with Gasteiger partial charge < -0.3 is 9.30 Å². The van der Waals surface area contributed by atoms with Crippen LogP contribution in [0.15, 0.2) is 48.6 Å². The molecule has 0 unspecified atom stereocenters. The Morgan fingerprint density at radius 3 is 2.88 bits per heavy atom. The van der Waals surface area contributed by atoms with E-state index in [-0.39, 0.29) is 5.78 Å². The number of rotatable bonds is 5. The zero-order valence-corrected chi connectivity index (χ0v) is 15.2. The minimum absolute atomic E-state index is 0.224. The molecule has 1 heterocycles. The number of aryl methyl sites for hydroxylation is 1. The number of carbonyl (C=O) groups is 1. The number of ketones is 1. The van der Waals surface area contributed by atoms with Crippen molar-refractivity contribution in [1.82, 2.24) is 9.55 Å². The molecular weight excluding hydrogens is 324 g/mol. The zero-order valence-electron chi connectivity index (χ0n) is 15.2. The quantitative estimate of drug-likeness (QED) is 0.740. The molecule has 136 valence electrons. The van der Waals surface area contributed by atoms with Crippen molar-refractivity contribution in [1.29, 1.82) is 0 Å². The van der Waals surface area contributed by atoms with E-state index in [0.29, 0.717) is 12.5 Å². The average Bonchev–Trinajstić information content (AvgIpc) is 3.18. The molecule has 0 amide bonds. The summed E-state index contributed by atoms with van der Waals surface area (Å²) in [4.78, 5) is 16.9. The van der Waals surface area contributed by atoms with E-state index in [1.807, 2.05) is 29.0 Å². The van der Waals surface area contributed by atoms with Crippen LogP contribution >= 0.6 is 0 Å². The molecule has 2 aliphatic carbocycles. The molecule has 4 heteroatoms. The lowest BCUT2D eigenvalue weighted by atomic mass is 9.82. The van der Waals surface area contributed by atoms with Crippen molar-refractivity contribution in [3.05, 3.63) is 59.7 Å². The van der Waals surface area contributed by atoms with Crippen molar-refractivity contribution in [2.24, 2.45) is 5.92 Å². The monoisotopic (exact) mass is 350 g/mol. The molecule has 0 N–H and O–H groups in total. The maximum absolute atomic E-state index is 12.9. The fourth-order valence-electron chi connectivity index (χ4n) is 4.08. The highest BCUT2D eigenvalue weighted by atomic mass is 16.5. The maximum Gasteiger partial charge on any atom is 0.188 e. The summed E-state index contributed by atoms with van der Waals surface area (Å²) >= 11 is 0. The summed E-state index contributed by atoms with van der Waals surface area (Å²) < 4.78 is 7.84. The van der Waals surface area contributed by atoms with Gasteiger partial charge in [0.15, 0.2) is 5.78 Å². The van der Waals surface area contributed by atoms with Gasteiger partial charge in [-0.2, -0.15) is 0 Å². The number of ether oxygens (including phenoxy) is 1. The smallest absolute Gasteiger partial charge is 0.188 e. The number of hydrogen-bond donors (Lipinski definition) is 0. The Hall–Kier alpha value is -2.36. The van der Waals surface area contributed by atoms with E-state index in [1.54, 1.807) is 12.5 Å². The minimum Gasteiger partial charge on any atom is -0.492 e. The van der Waals surface area contributed by atoms with E-state index in [2.05, 4.69) is 11.1 Å². The van der Waals surface area contributed by atoms with Crippen LogP contribution in [-0.4, -0.2) is 21.9 Å². The molecule has 4 rings (SSSR count). The van der Waals surface area contributed by atoms with Gasteiger partial charge >= 0.3 is 0 Å². The van der Waals surface area contributed by atoms with E-state index in [0.717, 1.165) is 41.8 Å². The summed E-state index contributed by atoms with van der Waals surface area (Å²) in [6, 6.07) is 5.91. The number of allylic oxidation sites excluding steroid dienone is 2. The van der Waals surface area contributed by atoms with Crippen LogP contribution in [-0.2, 0) is 13.0 Å². The first-order valence-corrected chi connectivity index (χ1v) is 9.76. The summed E-state index contributed by atoms with van der Waals surface area (Å²) in [6.45, 7) is 1.36. The second-order valence-corrected chi connectivity index (χ2v) is 7.39. The van der Waals surface area contributed by atoms with E-state index in [9.17, 15) is 4.79 Å². The number of carbonyl (C=O) groups excluding carboxylic acids is 1. The molecule has 0 saturated heterocycles. The number of benzene rings is 1. The van der Waals surface area contributed by atoms with Crippen molar-refractivity contribution in [3.63, 3.8) is 0 Å². The van der Waals surface area contributed by atoms with Gasteiger partial charge in [0.1, 0.15) is 12.4 Å². The lowest BCUT2D eigenvalue weighted by Gasteiger charge is -2.23. The van der Waals surface area contributed by atoms with Gasteiger partial charge in [-0.15, -0.1) is 0 Å². The Kier molecular flexibility index (Phi) is 5.19. The van der Waals surface area contributed by atoms with Crippen LogP contribution in [0.25, 0.3) is 0 Å². The second kappa shape index (κ2) is 7.90. The molecule has 2 aromatic rings. The van der Waals surface area contributed by atoms with Crippen molar-refractivity contribution in [2.45, 2.75) is 51.5 Å². The summed E-state index contributed by atoms with van der Waals surface area (Å²) in [6.07, 6.45) is 16.0. The number of hydrogen-bond acceptors (Lipinski definition) is 3. The molecule has 1 aromatic carbocycles. The Morgan fingerprint density at radius 2 is 2.08 bits per heavy atom. The lowest BCUT2D eigenvalue weighted by Crippen LogP contribution is -2.16. The molecule has 4 nitrogen and oxygen atoms in total. The summed E-state index contributed by atoms with van der Waals surface area (Å²) in [5.41, 5.74) is 3.01. The van der Waals surface area contributed by atoms with Crippen LogP contribution in [0.2, 0.25) is 0 Å². The van der Waals surface area contributed by atoms with Crippen molar-refractivity contribution in [3.8, 4) is 5.75 Å². The summed E-state index contributed by atoms with van der Waals surface area (Å²) in [5.74, 6) is 1.67. The van der Waals surface area contributed by atoms with E-state index in [4.69, 9.17) is 4.74 Å². The van der Waals surface area contributed by atoms with Gasteiger partial charge in [0, 0.05) is 18.0 Å².